The smallest absolute Gasteiger partial charge is 0.124 e. The van der Waals surface area contributed by atoms with Crippen LogP contribution >= 0.6 is 22.6 Å². The molecule has 0 saturated carbocycles. The Balaban J connectivity index is 3.01. The summed E-state index contributed by atoms with van der Waals surface area (Å²) < 4.78 is 13.5. The molecule has 1 atom stereocenters. The maximum Gasteiger partial charge on any atom is 0.124 e. The zero-order valence-electron chi connectivity index (χ0n) is 6.43. The van der Waals surface area contributed by atoms with E-state index < -0.39 is 0 Å². The number of hydrogen-bond acceptors (Lipinski definition) is 2. The number of benzene rings is 1. The molecule has 0 amide bonds. The van der Waals surface area contributed by atoms with Gasteiger partial charge in [-0.3, -0.25) is 0 Å². The zero-order valence-corrected chi connectivity index (χ0v) is 8.58. The predicted octanol–water partition coefficient (Wildman–Crippen LogP) is 1.39. The minimum atomic E-state index is -0.243. The van der Waals surface area contributed by atoms with Gasteiger partial charge in [-0.25, -0.2) is 4.39 Å². The first-order chi connectivity index (χ1) is 5.65. The second-order valence-corrected chi connectivity index (χ2v) is 3.67. The van der Waals surface area contributed by atoms with Crippen LogP contribution in [-0.2, 0) is 0 Å². The van der Waals surface area contributed by atoms with Crippen LogP contribution in [-0.4, -0.2) is 6.54 Å². The number of nitrogens with two attached hydrogens (primary N) is 2. The van der Waals surface area contributed by atoms with Crippen LogP contribution in [0.4, 0.5) is 4.39 Å². The molecule has 0 aliphatic rings. The lowest BCUT2D eigenvalue weighted by Gasteiger charge is -2.10. The van der Waals surface area contributed by atoms with Gasteiger partial charge in [0.2, 0.25) is 0 Å². The highest BCUT2D eigenvalue weighted by molar-refractivity contribution is 14.1. The van der Waals surface area contributed by atoms with Crippen molar-refractivity contribution < 1.29 is 4.39 Å². The van der Waals surface area contributed by atoms with E-state index in [-0.39, 0.29) is 11.9 Å². The molecule has 0 bridgehead atoms. The van der Waals surface area contributed by atoms with Crippen molar-refractivity contribution in [1.82, 2.24) is 0 Å². The first-order valence-electron chi connectivity index (χ1n) is 3.55. The summed E-state index contributed by atoms with van der Waals surface area (Å²) in [4.78, 5) is 0. The van der Waals surface area contributed by atoms with Crippen LogP contribution in [0.3, 0.4) is 0 Å². The SMILES string of the molecule is NC[C@H](N)c1ccc(F)cc1I. The highest BCUT2D eigenvalue weighted by atomic mass is 127. The molecule has 0 aliphatic heterocycles. The molecule has 0 radical (unpaired) electrons. The highest BCUT2D eigenvalue weighted by Crippen LogP contribution is 2.18. The minimum absolute atomic E-state index is 0.197. The second-order valence-electron chi connectivity index (χ2n) is 2.51. The lowest BCUT2D eigenvalue weighted by atomic mass is 10.1. The Morgan fingerprint density at radius 3 is 2.67 bits per heavy atom. The van der Waals surface area contributed by atoms with E-state index in [1.54, 1.807) is 6.07 Å². The fourth-order valence-electron chi connectivity index (χ4n) is 0.929. The Hall–Kier alpha value is -0.200. The standard InChI is InChI=1S/C8H10FIN2/c9-5-1-2-6(7(10)3-5)8(12)4-11/h1-3,8H,4,11-12H2/t8-/m0/s1. The fraction of sp³-hybridized carbons (Fsp3) is 0.250. The van der Waals surface area contributed by atoms with Crippen molar-refractivity contribution in [2.24, 2.45) is 11.5 Å². The van der Waals surface area contributed by atoms with Gasteiger partial charge in [0.25, 0.3) is 0 Å². The predicted molar refractivity (Wildman–Crippen MR) is 55.1 cm³/mol. The van der Waals surface area contributed by atoms with Gasteiger partial charge in [-0.2, -0.15) is 0 Å². The van der Waals surface area contributed by atoms with Crippen molar-refractivity contribution in [3.63, 3.8) is 0 Å². The molecule has 1 aromatic carbocycles. The molecule has 0 fully saturated rings. The van der Waals surface area contributed by atoms with E-state index in [4.69, 9.17) is 11.5 Å². The van der Waals surface area contributed by atoms with Gasteiger partial charge < -0.3 is 11.5 Å². The van der Waals surface area contributed by atoms with Crippen molar-refractivity contribution in [1.29, 1.82) is 0 Å². The topological polar surface area (TPSA) is 52.0 Å². The van der Waals surface area contributed by atoms with Crippen molar-refractivity contribution in [3.05, 3.63) is 33.1 Å². The molecule has 0 spiro atoms. The average molecular weight is 280 g/mol. The minimum Gasteiger partial charge on any atom is -0.329 e. The summed E-state index contributed by atoms with van der Waals surface area (Å²) in [5, 5.41) is 0. The van der Waals surface area contributed by atoms with Gasteiger partial charge >= 0.3 is 0 Å². The van der Waals surface area contributed by atoms with Gasteiger partial charge in [0.05, 0.1) is 0 Å². The van der Waals surface area contributed by atoms with Crippen molar-refractivity contribution >= 4 is 22.6 Å². The van der Waals surface area contributed by atoms with Crippen molar-refractivity contribution in [2.75, 3.05) is 6.54 Å². The monoisotopic (exact) mass is 280 g/mol. The van der Waals surface area contributed by atoms with Gasteiger partial charge in [0.15, 0.2) is 0 Å². The summed E-state index contributed by atoms with van der Waals surface area (Å²) in [5.74, 6) is -0.243. The molecule has 0 saturated heterocycles. The van der Waals surface area contributed by atoms with E-state index in [1.165, 1.54) is 12.1 Å². The van der Waals surface area contributed by atoms with Crippen LogP contribution in [0.5, 0.6) is 0 Å². The molecule has 0 heterocycles. The highest BCUT2D eigenvalue weighted by Gasteiger charge is 2.07. The zero-order chi connectivity index (χ0) is 9.14. The molecular weight excluding hydrogens is 270 g/mol. The van der Waals surface area contributed by atoms with Crippen LogP contribution in [0.25, 0.3) is 0 Å². The summed E-state index contributed by atoms with van der Waals surface area (Å²) in [6, 6.07) is 4.32. The molecule has 0 aromatic heterocycles. The maximum absolute atomic E-state index is 12.6. The van der Waals surface area contributed by atoms with Gasteiger partial charge in [0, 0.05) is 16.2 Å². The molecule has 0 unspecified atom stereocenters. The number of hydrogen-bond donors (Lipinski definition) is 2. The molecule has 2 nitrogen and oxygen atoms in total. The summed E-state index contributed by atoms with van der Waals surface area (Å²) in [7, 11) is 0. The third-order valence-corrected chi connectivity index (χ3v) is 2.55. The van der Waals surface area contributed by atoms with Crippen molar-refractivity contribution in [3.8, 4) is 0 Å². The van der Waals surface area contributed by atoms with Crippen LogP contribution in [0.1, 0.15) is 11.6 Å². The average Bonchev–Trinajstić information content (AvgIpc) is 2.03. The fourth-order valence-corrected chi connectivity index (χ4v) is 1.81. The largest absolute Gasteiger partial charge is 0.329 e. The normalized spacial score (nSPS) is 13.0. The van der Waals surface area contributed by atoms with Gasteiger partial charge in [0.1, 0.15) is 5.82 Å². The molecule has 12 heavy (non-hydrogen) atoms. The third kappa shape index (κ3) is 2.15. The van der Waals surface area contributed by atoms with E-state index in [9.17, 15) is 4.39 Å². The third-order valence-electron chi connectivity index (χ3n) is 1.62. The van der Waals surface area contributed by atoms with Crippen LogP contribution in [0, 0.1) is 9.39 Å². The lowest BCUT2D eigenvalue weighted by Crippen LogP contribution is -2.21. The Morgan fingerprint density at radius 2 is 2.17 bits per heavy atom. The summed E-state index contributed by atoms with van der Waals surface area (Å²) in [6.45, 7) is 0.377. The number of rotatable bonds is 2. The van der Waals surface area contributed by atoms with Crippen LogP contribution in [0.2, 0.25) is 0 Å². The first-order valence-corrected chi connectivity index (χ1v) is 4.63. The Morgan fingerprint density at radius 1 is 1.50 bits per heavy atom. The molecule has 4 heteroatoms. The summed E-state index contributed by atoms with van der Waals surface area (Å²) in [6.07, 6.45) is 0. The molecular formula is C8H10FIN2. The molecule has 1 aromatic rings. The first kappa shape index (κ1) is 9.88. The lowest BCUT2D eigenvalue weighted by molar-refractivity contribution is 0.623. The van der Waals surface area contributed by atoms with E-state index in [2.05, 4.69) is 0 Å². The quantitative estimate of drug-likeness (QED) is 0.804. The summed E-state index contributed by atoms with van der Waals surface area (Å²) >= 11 is 2.05. The van der Waals surface area contributed by atoms with E-state index >= 15 is 0 Å². The molecule has 4 N–H and O–H groups in total. The molecule has 0 aliphatic carbocycles. The van der Waals surface area contributed by atoms with Crippen LogP contribution < -0.4 is 11.5 Å². The van der Waals surface area contributed by atoms with Crippen molar-refractivity contribution in [2.45, 2.75) is 6.04 Å². The maximum atomic E-state index is 12.6. The Labute approximate surface area is 84.3 Å². The van der Waals surface area contributed by atoms with E-state index in [0.29, 0.717) is 6.54 Å². The van der Waals surface area contributed by atoms with Crippen LogP contribution in [0.15, 0.2) is 18.2 Å². The van der Waals surface area contributed by atoms with Gasteiger partial charge in [-0.05, 0) is 40.3 Å². The Kier molecular flexibility index (Phi) is 3.42. The number of halogens is 2. The van der Waals surface area contributed by atoms with Gasteiger partial charge in [-0.1, -0.05) is 6.07 Å². The van der Waals surface area contributed by atoms with E-state index in [0.717, 1.165) is 9.13 Å². The Bertz CT molecular complexity index is 278. The second kappa shape index (κ2) is 4.15. The summed E-state index contributed by atoms with van der Waals surface area (Å²) in [5.41, 5.74) is 12.0. The van der Waals surface area contributed by atoms with E-state index in [1.807, 2.05) is 22.6 Å². The molecule has 1 rings (SSSR count). The van der Waals surface area contributed by atoms with Gasteiger partial charge in [-0.15, -0.1) is 0 Å². The molecule has 66 valence electrons.